The van der Waals surface area contributed by atoms with Crippen molar-refractivity contribution in [2.75, 3.05) is 13.7 Å². The standard InChI is InChI=1S/C16H21NO3/c1-19-14-7-6-11(12-9-16(18)17-10-12)8-15(14)20-13-4-2-3-5-13/h6-8,12-13H,2-5,9-10H2,1H3,(H,17,18)/i6D,7D,8D,9D2. The Morgan fingerprint density at radius 3 is 2.80 bits per heavy atom. The van der Waals surface area contributed by atoms with E-state index in [4.69, 9.17) is 16.3 Å². The van der Waals surface area contributed by atoms with Crippen LogP contribution in [-0.2, 0) is 4.79 Å². The molecule has 2 aliphatic rings. The molecule has 1 aromatic rings. The van der Waals surface area contributed by atoms with E-state index in [-0.39, 0.29) is 47.8 Å². The molecule has 0 radical (unpaired) electrons. The molecular formula is C16H21NO3. The van der Waals surface area contributed by atoms with Crippen molar-refractivity contribution in [3.8, 4) is 11.5 Å². The van der Waals surface area contributed by atoms with Gasteiger partial charge in [0.05, 0.1) is 17.3 Å². The molecule has 1 amide bonds. The maximum absolute atomic E-state index is 11.8. The molecule has 1 unspecified atom stereocenters. The van der Waals surface area contributed by atoms with Crippen molar-refractivity contribution >= 4 is 5.91 Å². The second-order valence-electron chi connectivity index (χ2n) is 5.08. The predicted molar refractivity (Wildman–Crippen MR) is 76.2 cm³/mol. The van der Waals surface area contributed by atoms with E-state index in [0.29, 0.717) is 0 Å². The van der Waals surface area contributed by atoms with Gasteiger partial charge in [0.1, 0.15) is 0 Å². The van der Waals surface area contributed by atoms with E-state index in [0.717, 1.165) is 25.7 Å². The van der Waals surface area contributed by atoms with Gasteiger partial charge >= 0.3 is 0 Å². The van der Waals surface area contributed by atoms with E-state index >= 15 is 0 Å². The number of hydrogen-bond acceptors (Lipinski definition) is 3. The Bertz CT molecular complexity index is 704. The summed E-state index contributed by atoms with van der Waals surface area (Å²) in [4.78, 5) is 11.8. The summed E-state index contributed by atoms with van der Waals surface area (Å²) in [5, 5.41) is 2.44. The van der Waals surface area contributed by atoms with Crippen molar-refractivity contribution < 1.29 is 21.1 Å². The first-order valence-corrected chi connectivity index (χ1v) is 6.91. The molecule has 1 atom stereocenters. The quantitative estimate of drug-likeness (QED) is 0.922. The van der Waals surface area contributed by atoms with Crippen molar-refractivity contribution in [2.45, 2.75) is 44.1 Å². The van der Waals surface area contributed by atoms with Crippen molar-refractivity contribution in [1.29, 1.82) is 0 Å². The van der Waals surface area contributed by atoms with Gasteiger partial charge < -0.3 is 14.8 Å². The van der Waals surface area contributed by atoms with Crippen LogP contribution in [0, 0.1) is 0 Å². The lowest BCUT2D eigenvalue weighted by molar-refractivity contribution is -0.119. The lowest BCUT2D eigenvalue weighted by atomic mass is 9.98. The molecule has 1 saturated carbocycles. The van der Waals surface area contributed by atoms with Crippen molar-refractivity contribution in [1.82, 2.24) is 5.32 Å². The minimum Gasteiger partial charge on any atom is -0.493 e. The van der Waals surface area contributed by atoms with Gasteiger partial charge in [0.2, 0.25) is 5.91 Å². The first-order valence-electron chi connectivity index (χ1n) is 9.41. The van der Waals surface area contributed by atoms with Gasteiger partial charge in [-0.15, -0.1) is 0 Å². The summed E-state index contributed by atoms with van der Waals surface area (Å²) in [6, 6.07) is -0.724. The van der Waals surface area contributed by atoms with Crippen molar-refractivity contribution in [3.05, 3.63) is 23.7 Å². The Morgan fingerprint density at radius 1 is 1.35 bits per heavy atom. The molecule has 4 heteroatoms. The van der Waals surface area contributed by atoms with Crippen LogP contribution in [0.2, 0.25) is 0 Å². The zero-order valence-corrected chi connectivity index (χ0v) is 11.4. The average Bonchev–Trinajstić information content (AvgIpc) is 3.16. The number of hydrogen-bond donors (Lipinski definition) is 1. The number of rotatable bonds is 4. The van der Waals surface area contributed by atoms with Crippen LogP contribution in [0.25, 0.3) is 0 Å². The van der Waals surface area contributed by atoms with Crippen LogP contribution in [0.4, 0.5) is 0 Å². The number of carbonyl (C=O) groups excluding carboxylic acids is 1. The summed E-state index contributed by atoms with van der Waals surface area (Å²) in [5.74, 6) is -1.69. The molecule has 0 aromatic heterocycles. The van der Waals surface area contributed by atoms with Crippen LogP contribution in [0.15, 0.2) is 18.1 Å². The fourth-order valence-corrected chi connectivity index (χ4v) is 2.59. The van der Waals surface area contributed by atoms with E-state index in [9.17, 15) is 4.79 Å². The summed E-state index contributed by atoms with van der Waals surface area (Å²) in [7, 11) is 1.35. The van der Waals surface area contributed by atoms with Gasteiger partial charge in [-0.3, -0.25) is 4.79 Å². The predicted octanol–water partition coefficient (Wildman–Crippen LogP) is 2.62. The van der Waals surface area contributed by atoms with Gasteiger partial charge in [-0.2, -0.15) is 0 Å². The topological polar surface area (TPSA) is 47.6 Å². The molecule has 0 spiro atoms. The molecule has 108 valence electrons. The van der Waals surface area contributed by atoms with Crippen LogP contribution >= 0.6 is 0 Å². The highest BCUT2D eigenvalue weighted by atomic mass is 16.5. The monoisotopic (exact) mass is 280 g/mol. The molecule has 3 rings (SSSR count). The molecule has 1 saturated heterocycles. The molecule has 1 aromatic carbocycles. The van der Waals surface area contributed by atoms with Crippen molar-refractivity contribution in [3.63, 3.8) is 0 Å². The van der Waals surface area contributed by atoms with Crippen LogP contribution in [0.1, 0.15) is 50.4 Å². The Labute approximate surface area is 126 Å². The van der Waals surface area contributed by atoms with Gasteiger partial charge in [0, 0.05) is 21.6 Å². The molecule has 2 fully saturated rings. The molecule has 20 heavy (non-hydrogen) atoms. The molecule has 4 nitrogen and oxygen atoms in total. The summed E-state index contributed by atoms with van der Waals surface area (Å²) < 4.78 is 52.0. The highest BCUT2D eigenvalue weighted by Gasteiger charge is 2.25. The third kappa shape index (κ3) is 2.74. The maximum Gasteiger partial charge on any atom is 0.220 e. The molecule has 1 N–H and O–H groups in total. The third-order valence-corrected chi connectivity index (χ3v) is 3.68. The third-order valence-electron chi connectivity index (χ3n) is 3.68. The smallest absolute Gasteiger partial charge is 0.220 e. The van der Waals surface area contributed by atoms with E-state index in [2.05, 4.69) is 5.32 Å². The summed E-state index contributed by atoms with van der Waals surface area (Å²) >= 11 is 0. The number of ether oxygens (including phenoxy) is 2. The SMILES string of the molecule is [2H]c1c([2H])c(C2CNC(=O)C2([2H])[2H])c([2H])c(OC2CCCC2)c1OC. The van der Waals surface area contributed by atoms with E-state index in [1.54, 1.807) is 0 Å². The molecule has 1 aliphatic carbocycles. The van der Waals surface area contributed by atoms with Crippen molar-refractivity contribution in [2.24, 2.45) is 0 Å². The first-order chi connectivity index (χ1) is 11.8. The number of amides is 1. The molecular weight excluding hydrogens is 254 g/mol. The zero-order valence-electron chi connectivity index (χ0n) is 16.4. The minimum atomic E-state index is -2.24. The first kappa shape index (κ1) is 8.55. The Balaban J connectivity index is 2.12. The number of methoxy groups -OCH3 is 1. The van der Waals surface area contributed by atoms with Crippen LogP contribution in [-0.4, -0.2) is 25.7 Å². The molecule has 0 bridgehead atoms. The Kier molecular flexibility index (Phi) is 2.45. The number of nitrogens with one attached hydrogen (secondary N) is 1. The number of carbonyl (C=O) groups is 1. The summed E-state index contributed by atoms with van der Waals surface area (Å²) in [5.41, 5.74) is 0.0159. The van der Waals surface area contributed by atoms with E-state index < -0.39 is 18.2 Å². The van der Waals surface area contributed by atoms with Gasteiger partial charge in [0.25, 0.3) is 0 Å². The fourth-order valence-electron chi connectivity index (χ4n) is 2.59. The van der Waals surface area contributed by atoms with E-state index in [1.807, 2.05) is 0 Å². The second-order valence-corrected chi connectivity index (χ2v) is 5.08. The summed E-state index contributed by atoms with van der Waals surface area (Å²) in [6.07, 6.45) is 1.43. The van der Waals surface area contributed by atoms with Gasteiger partial charge in [-0.1, -0.05) is 6.04 Å². The fraction of sp³-hybridized carbons (Fsp3) is 0.562. The van der Waals surface area contributed by atoms with Gasteiger partial charge in [-0.25, -0.2) is 0 Å². The van der Waals surface area contributed by atoms with E-state index in [1.165, 1.54) is 7.11 Å². The van der Waals surface area contributed by atoms with Gasteiger partial charge in [-0.05, 0) is 43.3 Å². The highest BCUT2D eigenvalue weighted by Crippen LogP contribution is 2.35. The highest BCUT2D eigenvalue weighted by molar-refractivity contribution is 5.79. The lowest BCUT2D eigenvalue weighted by Gasteiger charge is -2.18. The zero-order chi connectivity index (χ0) is 18.4. The molecule has 1 heterocycles. The minimum absolute atomic E-state index is 0.0156. The summed E-state index contributed by atoms with van der Waals surface area (Å²) in [6.45, 7) is -0.0156. The largest absolute Gasteiger partial charge is 0.493 e. The normalized spacial score (nSPS) is 28.9. The number of benzene rings is 1. The Morgan fingerprint density at radius 2 is 2.15 bits per heavy atom. The van der Waals surface area contributed by atoms with Crippen LogP contribution in [0.5, 0.6) is 11.5 Å². The second kappa shape index (κ2) is 5.73. The van der Waals surface area contributed by atoms with Crippen LogP contribution < -0.4 is 14.8 Å². The average molecular weight is 280 g/mol. The van der Waals surface area contributed by atoms with Crippen LogP contribution in [0.3, 0.4) is 0 Å². The van der Waals surface area contributed by atoms with Gasteiger partial charge in [0.15, 0.2) is 11.5 Å². The lowest BCUT2D eigenvalue weighted by Crippen LogP contribution is -2.14. The molecule has 1 aliphatic heterocycles. The maximum atomic E-state index is 11.8. The Hall–Kier alpha value is -1.71.